The number of benzene rings is 2. The molecule has 0 unspecified atom stereocenters. The number of phenols is 1. The molecule has 0 spiro atoms. The van der Waals surface area contributed by atoms with E-state index in [4.69, 9.17) is 11.6 Å². The third-order valence-electron chi connectivity index (χ3n) is 3.53. The summed E-state index contributed by atoms with van der Waals surface area (Å²) < 4.78 is 43.6. The maximum Gasteiger partial charge on any atom is 0.442 e. The molecule has 0 amide bonds. The lowest BCUT2D eigenvalue weighted by molar-refractivity contribution is -0.137. The average molecular weight is 371 g/mol. The Kier molecular flexibility index (Phi) is 4.30. The first-order valence-electron chi connectivity index (χ1n) is 6.97. The Morgan fingerprint density at radius 1 is 1.16 bits per heavy atom. The summed E-state index contributed by atoms with van der Waals surface area (Å²) in [6.07, 6.45) is -4.46. The zero-order valence-electron chi connectivity index (χ0n) is 12.4. The third-order valence-corrected chi connectivity index (χ3v) is 3.76. The van der Waals surface area contributed by atoms with E-state index < -0.39 is 17.5 Å². The molecule has 0 radical (unpaired) electrons. The molecule has 0 aliphatic carbocycles. The van der Waals surface area contributed by atoms with Gasteiger partial charge in [-0.25, -0.2) is 4.79 Å². The molecule has 25 heavy (non-hydrogen) atoms. The Bertz CT molecular complexity index is 962. The molecule has 130 valence electrons. The largest absolute Gasteiger partial charge is 0.508 e. The Morgan fingerprint density at radius 3 is 2.48 bits per heavy atom. The van der Waals surface area contributed by atoms with Gasteiger partial charge in [0.2, 0.25) is 0 Å². The third kappa shape index (κ3) is 3.53. The zero-order chi connectivity index (χ0) is 18.2. The monoisotopic (exact) mass is 370 g/mol. The Morgan fingerprint density at radius 2 is 1.84 bits per heavy atom. The zero-order valence-corrected chi connectivity index (χ0v) is 13.2. The van der Waals surface area contributed by atoms with Gasteiger partial charge in [0.15, 0.2) is 5.82 Å². The molecule has 5 nitrogen and oxygen atoms in total. The van der Waals surface area contributed by atoms with Gasteiger partial charge in [-0.3, -0.25) is 9.09 Å². The highest BCUT2D eigenvalue weighted by Gasteiger charge is 2.30. The lowest BCUT2D eigenvalue weighted by Gasteiger charge is -2.09. The summed E-state index contributed by atoms with van der Waals surface area (Å²) in [4.78, 5) is 11.9. The van der Waals surface area contributed by atoms with Crippen LogP contribution in [0.1, 0.15) is 11.1 Å². The van der Waals surface area contributed by atoms with E-state index >= 15 is 0 Å². The maximum absolute atomic E-state index is 12.6. The van der Waals surface area contributed by atoms with Crippen LogP contribution in [0.2, 0.25) is 5.02 Å². The lowest BCUT2D eigenvalue weighted by Crippen LogP contribution is -2.16. The minimum Gasteiger partial charge on any atom is -0.508 e. The molecule has 0 aliphatic heterocycles. The minimum absolute atomic E-state index is 0.0399. The van der Waals surface area contributed by atoms with Gasteiger partial charge in [0.05, 0.1) is 12.1 Å². The summed E-state index contributed by atoms with van der Waals surface area (Å²) in [5.74, 6) is -0.858. The number of alkyl halides is 3. The molecule has 1 heterocycles. The van der Waals surface area contributed by atoms with Gasteiger partial charge in [-0.1, -0.05) is 28.9 Å². The fourth-order valence-corrected chi connectivity index (χ4v) is 2.47. The molecule has 0 bridgehead atoms. The summed E-state index contributed by atoms with van der Waals surface area (Å²) in [6.45, 7) is -0.106. The van der Waals surface area contributed by atoms with Crippen LogP contribution in [-0.4, -0.2) is 14.8 Å². The number of phenolic OH excluding ortho intramolecular Hbond substituents is 1. The fraction of sp³-hybridized carbons (Fsp3) is 0.125. The molecule has 0 saturated heterocycles. The van der Waals surface area contributed by atoms with E-state index in [9.17, 15) is 23.1 Å². The molecule has 3 aromatic rings. The van der Waals surface area contributed by atoms with E-state index in [1.807, 2.05) is 0 Å². The van der Waals surface area contributed by atoms with E-state index in [1.165, 1.54) is 30.3 Å². The number of aromatic hydroxyl groups is 1. The van der Waals surface area contributed by atoms with Crippen molar-refractivity contribution >= 4 is 11.6 Å². The highest BCUT2D eigenvalue weighted by Crippen LogP contribution is 2.31. The molecule has 0 fully saturated rings. The predicted molar refractivity (Wildman–Crippen MR) is 83.4 cm³/mol. The highest BCUT2D eigenvalue weighted by molar-refractivity contribution is 6.30. The topological polar surface area (TPSA) is 68.3 Å². The predicted octanol–water partition coefficient (Wildman–Crippen LogP) is 3.93. The van der Waals surface area contributed by atoms with Gasteiger partial charge < -0.3 is 5.11 Å². The second kappa shape index (κ2) is 6.29. The van der Waals surface area contributed by atoms with Crippen LogP contribution in [0.3, 0.4) is 0 Å². The molecule has 9 heteroatoms. The number of nitrogens with zero attached hydrogens (tertiary/aromatic N) is 2. The van der Waals surface area contributed by atoms with Crippen molar-refractivity contribution in [3.8, 4) is 17.1 Å². The molecular formula is C16H10ClF3N2O3. The highest BCUT2D eigenvalue weighted by atomic mass is 35.5. The van der Waals surface area contributed by atoms with Crippen LogP contribution in [0, 0.1) is 0 Å². The van der Waals surface area contributed by atoms with Gasteiger partial charge in [-0.2, -0.15) is 13.2 Å². The van der Waals surface area contributed by atoms with E-state index in [0.717, 1.165) is 16.7 Å². The van der Waals surface area contributed by atoms with Crippen molar-refractivity contribution in [1.29, 1.82) is 0 Å². The van der Waals surface area contributed by atoms with Crippen molar-refractivity contribution in [2.75, 3.05) is 0 Å². The van der Waals surface area contributed by atoms with Crippen LogP contribution in [0.5, 0.6) is 5.75 Å². The quantitative estimate of drug-likeness (QED) is 0.758. The van der Waals surface area contributed by atoms with Gasteiger partial charge in [0, 0.05) is 16.1 Å². The number of rotatable bonds is 3. The fourth-order valence-electron chi connectivity index (χ4n) is 2.27. The van der Waals surface area contributed by atoms with Crippen LogP contribution in [0.25, 0.3) is 11.4 Å². The van der Waals surface area contributed by atoms with Gasteiger partial charge in [-0.05, 0) is 30.3 Å². The summed E-state index contributed by atoms with van der Waals surface area (Å²) in [5.41, 5.74) is -0.215. The van der Waals surface area contributed by atoms with E-state index in [-0.39, 0.29) is 23.7 Å². The second-order valence-electron chi connectivity index (χ2n) is 5.21. The molecule has 2 aromatic carbocycles. The smallest absolute Gasteiger partial charge is 0.442 e. The molecular weight excluding hydrogens is 361 g/mol. The number of hydrogen-bond acceptors (Lipinski definition) is 4. The van der Waals surface area contributed by atoms with E-state index in [2.05, 4.69) is 9.68 Å². The normalized spacial score (nSPS) is 11.7. The molecule has 3 rings (SSSR count). The summed E-state index contributed by atoms with van der Waals surface area (Å²) in [5, 5.41) is 13.8. The Hall–Kier alpha value is -2.74. The lowest BCUT2D eigenvalue weighted by atomic mass is 10.1. The van der Waals surface area contributed by atoms with Gasteiger partial charge in [0.25, 0.3) is 0 Å². The minimum atomic E-state index is -4.46. The molecule has 1 aromatic heterocycles. The molecule has 0 atom stereocenters. The van der Waals surface area contributed by atoms with Crippen molar-refractivity contribution in [1.82, 2.24) is 9.72 Å². The van der Waals surface area contributed by atoms with Crippen molar-refractivity contribution in [2.24, 2.45) is 0 Å². The molecule has 0 saturated carbocycles. The first-order valence-corrected chi connectivity index (χ1v) is 7.35. The first kappa shape index (κ1) is 17.1. The summed E-state index contributed by atoms with van der Waals surface area (Å²) >= 11 is 5.87. The van der Waals surface area contributed by atoms with Crippen molar-refractivity contribution < 1.29 is 22.8 Å². The van der Waals surface area contributed by atoms with E-state index in [1.54, 1.807) is 0 Å². The van der Waals surface area contributed by atoms with Crippen molar-refractivity contribution in [3.05, 3.63) is 69.2 Å². The number of hydrogen-bond donors (Lipinski definition) is 1. The Balaban J connectivity index is 2.00. The van der Waals surface area contributed by atoms with Gasteiger partial charge >= 0.3 is 11.9 Å². The maximum atomic E-state index is 12.6. The van der Waals surface area contributed by atoms with Crippen LogP contribution in [0.15, 0.2) is 51.8 Å². The number of halogens is 4. The van der Waals surface area contributed by atoms with E-state index in [0.29, 0.717) is 10.6 Å². The molecule has 1 N–H and O–H groups in total. The second-order valence-corrected chi connectivity index (χ2v) is 5.64. The standard InChI is InChI=1S/C16H10ClF3N2O3/c17-12-5-6-13(23)10(7-12)8-22-14(21-25-15(22)24)9-1-3-11(4-2-9)16(18,19)20/h1-7,23H,8H2. The Labute approximate surface area is 143 Å². The summed E-state index contributed by atoms with van der Waals surface area (Å²) in [7, 11) is 0. The first-order chi connectivity index (χ1) is 11.8. The van der Waals surface area contributed by atoms with Crippen LogP contribution >= 0.6 is 11.6 Å². The van der Waals surface area contributed by atoms with Gasteiger partial charge in [-0.15, -0.1) is 0 Å². The van der Waals surface area contributed by atoms with Crippen LogP contribution < -0.4 is 5.76 Å². The SMILES string of the molecule is O=c1onc(-c2ccc(C(F)(F)F)cc2)n1Cc1cc(Cl)ccc1O. The van der Waals surface area contributed by atoms with Crippen LogP contribution in [0.4, 0.5) is 13.2 Å². The van der Waals surface area contributed by atoms with Crippen LogP contribution in [-0.2, 0) is 12.7 Å². The average Bonchev–Trinajstić information content (AvgIpc) is 2.91. The van der Waals surface area contributed by atoms with Gasteiger partial charge in [0.1, 0.15) is 5.75 Å². The molecule has 0 aliphatic rings. The summed E-state index contributed by atoms with van der Waals surface area (Å²) in [6, 6.07) is 8.46. The number of aromatic nitrogens is 2. The van der Waals surface area contributed by atoms with Crippen molar-refractivity contribution in [3.63, 3.8) is 0 Å². The van der Waals surface area contributed by atoms with Crippen molar-refractivity contribution in [2.45, 2.75) is 12.7 Å².